The lowest BCUT2D eigenvalue weighted by atomic mass is 10.1. The second-order valence-electron chi connectivity index (χ2n) is 5.14. The van der Waals surface area contributed by atoms with E-state index in [1.165, 1.54) is 6.33 Å². The van der Waals surface area contributed by atoms with Crippen LogP contribution >= 0.6 is 0 Å². The molecular formula is C18H12N4O2. The first kappa shape index (κ1) is 14.1. The van der Waals surface area contributed by atoms with Crippen LogP contribution in [0.1, 0.15) is 10.4 Å². The fourth-order valence-electron chi connectivity index (χ4n) is 2.42. The molecule has 0 atom stereocenters. The van der Waals surface area contributed by atoms with Crippen molar-refractivity contribution in [3.63, 3.8) is 0 Å². The van der Waals surface area contributed by atoms with Crippen molar-refractivity contribution in [2.24, 2.45) is 0 Å². The zero-order valence-corrected chi connectivity index (χ0v) is 12.5. The van der Waals surface area contributed by atoms with E-state index in [9.17, 15) is 4.79 Å². The average Bonchev–Trinajstić information content (AvgIpc) is 3.07. The highest BCUT2D eigenvalue weighted by Crippen LogP contribution is 2.27. The number of hydrogen-bond acceptors (Lipinski definition) is 5. The second-order valence-corrected chi connectivity index (χ2v) is 5.14. The van der Waals surface area contributed by atoms with Crippen molar-refractivity contribution in [1.82, 2.24) is 20.2 Å². The number of hydrogen-bond donors (Lipinski definition) is 1. The molecule has 4 aromatic rings. The van der Waals surface area contributed by atoms with Crippen molar-refractivity contribution in [2.45, 2.75) is 0 Å². The Hall–Kier alpha value is -3.54. The molecule has 2 aromatic heterocycles. The fraction of sp³-hybridized carbons (Fsp3) is 0. The summed E-state index contributed by atoms with van der Waals surface area (Å²) in [5, 5.41) is 7.17. The lowest BCUT2D eigenvalue weighted by molar-refractivity contribution is 0.0735. The van der Waals surface area contributed by atoms with E-state index in [-0.39, 0.29) is 0 Å². The number of ether oxygens (including phenoxy) is 1. The van der Waals surface area contributed by atoms with Crippen molar-refractivity contribution >= 4 is 17.0 Å². The van der Waals surface area contributed by atoms with E-state index in [1.807, 2.05) is 18.2 Å². The number of benzene rings is 2. The number of nitrogens with zero attached hydrogens (tertiary/aromatic N) is 3. The van der Waals surface area contributed by atoms with Crippen molar-refractivity contribution in [1.29, 1.82) is 0 Å². The Balaban J connectivity index is 1.66. The van der Waals surface area contributed by atoms with Crippen LogP contribution in [-0.2, 0) is 0 Å². The van der Waals surface area contributed by atoms with Gasteiger partial charge in [0.2, 0.25) is 0 Å². The number of fused-ring (bicyclic) bond motifs is 1. The summed E-state index contributed by atoms with van der Waals surface area (Å²) in [6.45, 7) is 0. The third kappa shape index (κ3) is 2.61. The maximum Gasteiger partial charge on any atom is 0.343 e. The number of nitrogens with one attached hydrogen (secondary N) is 1. The van der Waals surface area contributed by atoms with Crippen LogP contribution < -0.4 is 4.74 Å². The molecule has 0 fully saturated rings. The molecule has 0 amide bonds. The Kier molecular flexibility index (Phi) is 3.47. The zero-order chi connectivity index (χ0) is 16.4. The van der Waals surface area contributed by atoms with Crippen LogP contribution in [-0.4, -0.2) is 26.1 Å². The molecule has 1 N–H and O–H groups in total. The molecule has 0 radical (unpaired) electrons. The molecule has 0 aliphatic rings. The van der Waals surface area contributed by atoms with Crippen LogP contribution in [0, 0.1) is 0 Å². The van der Waals surface area contributed by atoms with Gasteiger partial charge in [0.25, 0.3) is 0 Å². The van der Waals surface area contributed by atoms with Crippen LogP contribution in [0.2, 0.25) is 0 Å². The predicted octanol–water partition coefficient (Wildman–Crippen LogP) is 3.24. The topological polar surface area (TPSA) is 80.8 Å². The summed E-state index contributed by atoms with van der Waals surface area (Å²) in [6.07, 6.45) is 3.14. The maximum absolute atomic E-state index is 12.2. The lowest BCUT2D eigenvalue weighted by Crippen LogP contribution is -2.08. The molecule has 116 valence electrons. The zero-order valence-electron chi connectivity index (χ0n) is 12.5. The molecule has 0 aliphatic carbocycles. The van der Waals surface area contributed by atoms with Gasteiger partial charge in [-0.25, -0.2) is 14.8 Å². The number of aromatic amines is 1. The van der Waals surface area contributed by atoms with Gasteiger partial charge in [0.05, 0.1) is 11.8 Å². The molecule has 0 unspecified atom stereocenters. The number of aromatic nitrogens is 4. The summed E-state index contributed by atoms with van der Waals surface area (Å²) in [5.74, 6) is 0.0496. The highest BCUT2D eigenvalue weighted by molar-refractivity contribution is 5.92. The van der Waals surface area contributed by atoms with Gasteiger partial charge in [0, 0.05) is 5.56 Å². The highest BCUT2D eigenvalue weighted by atomic mass is 16.5. The number of rotatable bonds is 3. The van der Waals surface area contributed by atoms with Crippen LogP contribution in [0.15, 0.2) is 67.1 Å². The summed E-state index contributed by atoms with van der Waals surface area (Å²) >= 11 is 0. The standard InChI is InChI=1S/C18H12N4O2/c23-18(12-5-2-1-3-6-12)24-14-8-4-7-13(9-14)16-17-15(21-22-16)10-19-11-20-17/h1-11H,(H,21,22). The van der Waals surface area contributed by atoms with Crippen molar-refractivity contribution in [2.75, 3.05) is 0 Å². The molecule has 0 saturated heterocycles. The number of carbonyl (C=O) groups excluding carboxylic acids is 1. The molecular weight excluding hydrogens is 304 g/mol. The van der Waals surface area contributed by atoms with E-state index in [0.717, 1.165) is 16.6 Å². The first-order chi connectivity index (χ1) is 11.8. The van der Waals surface area contributed by atoms with Gasteiger partial charge >= 0.3 is 5.97 Å². The van der Waals surface area contributed by atoms with Gasteiger partial charge in [0.1, 0.15) is 28.8 Å². The molecule has 0 aliphatic heterocycles. The molecule has 4 rings (SSSR count). The normalized spacial score (nSPS) is 10.7. The summed E-state index contributed by atoms with van der Waals surface area (Å²) in [4.78, 5) is 20.4. The Bertz CT molecular complexity index is 1010. The van der Waals surface area contributed by atoms with Gasteiger partial charge in [-0.1, -0.05) is 30.3 Å². The monoisotopic (exact) mass is 316 g/mol. The van der Waals surface area contributed by atoms with Gasteiger partial charge in [-0.15, -0.1) is 0 Å². The van der Waals surface area contributed by atoms with Crippen molar-refractivity contribution in [3.8, 4) is 17.0 Å². The average molecular weight is 316 g/mol. The molecule has 24 heavy (non-hydrogen) atoms. The molecule has 0 spiro atoms. The predicted molar refractivity (Wildman–Crippen MR) is 88.5 cm³/mol. The first-order valence-corrected chi connectivity index (χ1v) is 7.33. The Morgan fingerprint density at radius 1 is 1.04 bits per heavy atom. The number of H-pyrrole nitrogens is 1. The molecule has 2 heterocycles. The molecule has 2 aromatic carbocycles. The van der Waals surface area contributed by atoms with E-state index in [2.05, 4.69) is 20.2 Å². The van der Waals surface area contributed by atoms with Gasteiger partial charge in [0.15, 0.2) is 0 Å². The smallest absolute Gasteiger partial charge is 0.343 e. The van der Waals surface area contributed by atoms with E-state index >= 15 is 0 Å². The lowest BCUT2D eigenvalue weighted by Gasteiger charge is -2.05. The van der Waals surface area contributed by atoms with E-state index < -0.39 is 5.97 Å². The van der Waals surface area contributed by atoms with Crippen LogP contribution in [0.5, 0.6) is 5.75 Å². The van der Waals surface area contributed by atoms with Crippen LogP contribution in [0.4, 0.5) is 0 Å². The summed E-state index contributed by atoms with van der Waals surface area (Å²) in [5.41, 5.74) is 3.46. The Labute approximate surface area is 137 Å². The minimum absolute atomic E-state index is 0.401. The third-order valence-electron chi connectivity index (χ3n) is 3.55. The van der Waals surface area contributed by atoms with Crippen molar-refractivity contribution < 1.29 is 9.53 Å². The van der Waals surface area contributed by atoms with Gasteiger partial charge in [-0.05, 0) is 24.3 Å². The number of carbonyl (C=O) groups is 1. The quantitative estimate of drug-likeness (QED) is 0.463. The summed E-state index contributed by atoms with van der Waals surface area (Å²) < 4.78 is 5.44. The molecule has 6 heteroatoms. The summed E-state index contributed by atoms with van der Waals surface area (Å²) in [6, 6.07) is 16.1. The molecule has 6 nitrogen and oxygen atoms in total. The number of esters is 1. The maximum atomic E-state index is 12.2. The largest absolute Gasteiger partial charge is 0.423 e. The summed E-state index contributed by atoms with van der Waals surface area (Å²) in [7, 11) is 0. The SMILES string of the molecule is O=C(Oc1cccc(-c2n[nH]c3cncnc23)c1)c1ccccc1. The van der Waals surface area contributed by atoms with Crippen LogP contribution in [0.25, 0.3) is 22.3 Å². The fourth-order valence-corrected chi connectivity index (χ4v) is 2.42. The van der Waals surface area contributed by atoms with Gasteiger partial charge in [-0.2, -0.15) is 5.10 Å². The van der Waals surface area contributed by atoms with E-state index in [0.29, 0.717) is 17.0 Å². The first-order valence-electron chi connectivity index (χ1n) is 7.33. The minimum atomic E-state index is -0.401. The second kappa shape index (κ2) is 5.92. The van der Waals surface area contributed by atoms with Gasteiger partial charge in [-0.3, -0.25) is 5.10 Å². The highest BCUT2D eigenvalue weighted by Gasteiger charge is 2.12. The molecule has 0 bridgehead atoms. The van der Waals surface area contributed by atoms with E-state index in [1.54, 1.807) is 42.6 Å². The Morgan fingerprint density at radius 2 is 1.92 bits per heavy atom. The van der Waals surface area contributed by atoms with Gasteiger partial charge < -0.3 is 4.74 Å². The third-order valence-corrected chi connectivity index (χ3v) is 3.55. The van der Waals surface area contributed by atoms with E-state index in [4.69, 9.17) is 4.74 Å². The minimum Gasteiger partial charge on any atom is -0.423 e. The van der Waals surface area contributed by atoms with Crippen LogP contribution in [0.3, 0.4) is 0 Å². The molecule has 0 saturated carbocycles. The van der Waals surface area contributed by atoms with Crippen molar-refractivity contribution in [3.05, 3.63) is 72.7 Å². The Morgan fingerprint density at radius 3 is 2.79 bits per heavy atom.